The maximum Gasteiger partial charge on any atom is 0.124 e. The molecular weight excluding hydrogens is 254 g/mol. The molecule has 1 aromatic carbocycles. The lowest BCUT2D eigenvalue weighted by molar-refractivity contribution is 0.0173. The molecule has 4 nitrogen and oxygen atoms in total. The molecule has 0 aromatic heterocycles. The van der Waals surface area contributed by atoms with Crippen LogP contribution in [0.2, 0.25) is 0 Å². The molecule has 1 aliphatic rings. The second-order valence-electron chi connectivity index (χ2n) is 5.17. The Morgan fingerprint density at radius 3 is 2.80 bits per heavy atom. The fourth-order valence-electron chi connectivity index (χ4n) is 2.44. The van der Waals surface area contributed by atoms with Gasteiger partial charge in [0.1, 0.15) is 5.75 Å². The minimum atomic E-state index is -0.141. The van der Waals surface area contributed by atoms with Crippen LogP contribution in [0, 0.1) is 5.92 Å². The molecule has 1 saturated heterocycles. The first-order chi connectivity index (χ1) is 9.81. The maximum atomic E-state index is 6.21. The van der Waals surface area contributed by atoms with E-state index in [-0.39, 0.29) is 6.04 Å². The highest BCUT2D eigenvalue weighted by Gasteiger charge is 2.16. The Bertz CT molecular complexity index is 391. The predicted octanol–water partition coefficient (Wildman–Crippen LogP) is 2.53. The number of rotatable bonds is 7. The van der Waals surface area contributed by atoms with Gasteiger partial charge in [-0.3, -0.25) is 0 Å². The smallest absolute Gasteiger partial charge is 0.124 e. The van der Waals surface area contributed by atoms with Crippen molar-refractivity contribution in [1.29, 1.82) is 0 Å². The predicted molar refractivity (Wildman–Crippen MR) is 78.9 cm³/mol. The lowest BCUT2D eigenvalue weighted by atomic mass is 10.0. The van der Waals surface area contributed by atoms with Crippen LogP contribution in [0.25, 0.3) is 0 Å². The molecular formula is C16H25NO3. The Kier molecular flexibility index (Phi) is 6.30. The van der Waals surface area contributed by atoms with Gasteiger partial charge in [0.15, 0.2) is 0 Å². The summed E-state index contributed by atoms with van der Waals surface area (Å²) in [5.74, 6) is 1.47. The Morgan fingerprint density at radius 2 is 2.05 bits per heavy atom. The van der Waals surface area contributed by atoms with Crippen LogP contribution in [0.15, 0.2) is 24.3 Å². The van der Waals surface area contributed by atoms with Crippen LogP contribution in [0.1, 0.15) is 31.4 Å². The largest absolute Gasteiger partial charge is 0.494 e. The van der Waals surface area contributed by atoms with Gasteiger partial charge in [-0.15, -0.1) is 0 Å². The highest BCUT2D eigenvalue weighted by molar-refractivity contribution is 5.35. The zero-order valence-electron chi connectivity index (χ0n) is 12.2. The number of nitrogens with two attached hydrogens (primary N) is 1. The van der Waals surface area contributed by atoms with Gasteiger partial charge in [-0.2, -0.15) is 0 Å². The number of benzene rings is 1. The van der Waals surface area contributed by atoms with Crippen molar-refractivity contribution < 1.29 is 14.2 Å². The lowest BCUT2D eigenvalue weighted by Gasteiger charge is -2.23. The molecule has 0 radical (unpaired) electrons. The first kappa shape index (κ1) is 15.3. The molecule has 2 N–H and O–H groups in total. The monoisotopic (exact) mass is 279 g/mol. The number of hydrogen-bond donors (Lipinski definition) is 1. The summed E-state index contributed by atoms with van der Waals surface area (Å²) in [5.41, 5.74) is 7.23. The molecule has 1 unspecified atom stereocenters. The van der Waals surface area contributed by atoms with Gasteiger partial charge in [0.05, 0.1) is 19.3 Å². The molecule has 1 heterocycles. The van der Waals surface area contributed by atoms with E-state index in [4.69, 9.17) is 19.9 Å². The van der Waals surface area contributed by atoms with Crippen LogP contribution < -0.4 is 10.5 Å². The van der Waals surface area contributed by atoms with E-state index in [2.05, 4.69) is 0 Å². The maximum absolute atomic E-state index is 6.21. The van der Waals surface area contributed by atoms with Crippen molar-refractivity contribution in [2.24, 2.45) is 11.7 Å². The first-order valence-corrected chi connectivity index (χ1v) is 7.44. The van der Waals surface area contributed by atoms with Crippen molar-refractivity contribution >= 4 is 0 Å². The summed E-state index contributed by atoms with van der Waals surface area (Å²) in [4.78, 5) is 0. The SMILES string of the molecule is CCOc1ccccc1C(N)COCC1CCOCC1. The van der Waals surface area contributed by atoms with Crippen LogP contribution >= 0.6 is 0 Å². The third-order valence-corrected chi connectivity index (χ3v) is 3.61. The Balaban J connectivity index is 1.80. The molecule has 20 heavy (non-hydrogen) atoms. The van der Waals surface area contributed by atoms with Crippen molar-refractivity contribution in [3.8, 4) is 5.75 Å². The quantitative estimate of drug-likeness (QED) is 0.833. The summed E-state index contributed by atoms with van der Waals surface area (Å²) in [6.45, 7) is 5.63. The van der Waals surface area contributed by atoms with Gasteiger partial charge in [-0.25, -0.2) is 0 Å². The van der Waals surface area contributed by atoms with Crippen molar-refractivity contribution in [2.45, 2.75) is 25.8 Å². The van der Waals surface area contributed by atoms with Gasteiger partial charge in [-0.1, -0.05) is 18.2 Å². The van der Waals surface area contributed by atoms with E-state index in [0.29, 0.717) is 19.1 Å². The van der Waals surface area contributed by atoms with Gasteiger partial charge in [0.2, 0.25) is 0 Å². The van der Waals surface area contributed by atoms with E-state index in [1.165, 1.54) is 0 Å². The molecule has 0 amide bonds. The van der Waals surface area contributed by atoms with E-state index in [9.17, 15) is 0 Å². The summed E-state index contributed by atoms with van der Waals surface area (Å²) in [6.07, 6.45) is 2.18. The van der Waals surface area contributed by atoms with E-state index in [1.54, 1.807) is 0 Å². The second-order valence-corrected chi connectivity index (χ2v) is 5.17. The summed E-state index contributed by atoms with van der Waals surface area (Å²) < 4.78 is 16.7. The average Bonchev–Trinajstić information content (AvgIpc) is 2.49. The van der Waals surface area contributed by atoms with E-state index < -0.39 is 0 Å². The van der Waals surface area contributed by atoms with Crippen LogP contribution in [0.4, 0.5) is 0 Å². The average molecular weight is 279 g/mol. The molecule has 2 rings (SSSR count). The molecule has 0 bridgehead atoms. The fourth-order valence-corrected chi connectivity index (χ4v) is 2.44. The molecule has 112 valence electrons. The summed E-state index contributed by atoms with van der Waals surface area (Å²) in [6, 6.07) is 7.77. The second kappa shape index (κ2) is 8.25. The number of hydrogen-bond acceptors (Lipinski definition) is 4. The minimum absolute atomic E-state index is 0.141. The van der Waals surface area contributed by atoms with Crippen LogP contribution in [0.3, 0.4) is 0 Å². The molecule has 1 fully saturated rings. The zero-order valence-corrected chi connectivity index (χ0v) is 12.2. The Hall–Kier alpha value is -1.10. The third-order valence-electron chi connectivity index (χ3n) is 3.61. The Labute approximate surface area is 121 Å². The van der Waals surface area contributed by atoms with Crippen LogP contribution in [-0.4, -0.2) is 33.0 Å². The Morgan fingerprint density at radius 1 is 1.30 bits per heavy atom. The van der Waals surface area contributed by atoms with Gasteiger partial charge in [0.25, 0.3) is 0 Å². The van der Waals surface area contributed by atoms with E-state index in [1.807, 2.05) is 31.2 Å². The molecule has 4 heteroatoms. The molecule has 0 aliphatic carbocycles. The molecule has 0 saturated carbocycles. The van der Waals surface area contributed by atoms with Gasteiger partial charge >= 0.3 is 0 Å². The fraction of sp³-hybridized carbons (Fsp3) is 0.625. The van der Waals surface area contributed by atoms with Crippen molar-refractivity contribution in [3.63, 3.8) is 0 Å². The normalized spacial score (nSPS) is 17.9. The molecule has 1 aromatic rings. The lowest BCUT2D eigenvalue weighted by Crippen LogP contribution is -2.24. The zero-order chi connectivity index (χ0) is 14.2. The number of para-hydroxylation sites is 1. The summed E-state index contributed by atoms with van der Waals surface area (Å²) in [7, 11) is 0. The molecule has 1 atom stereocenters. The van der Waals surface area contributed by atoms with Gasteiger partial charge in [-0.05, 0) is 31.7 Å². The summed E-state index contributed by atoms with van der Waals surface area (Å²) in [5, 5.41) is 0. The van der Waals surface area contributed by atoms with Crippen molar-refractivity contribution in [1.82, 2.24) is 0 Å². The third kappa shape index (κ3) is 4.47. The van der Waals surface area contributed by atoms with Crippen molar-refractivity contribution in [2.75, 3.05) is 33.0 Å². The number of ether oxygens (including phenoxy) is 3. The van der Waals surface area contributed by atoms with Crippen LogP contribution in [0.5, 0.6) is 5.75 Å². The van der Waals surface area contributed by atoms with Gasteiger partial charge in [0, 0.05) is 25.4 Å². The molecule has 1 aliphatic heterocycles. The van der Waals surface area contributed by atoms with E-state index in [0.717, 1.165) is 44.0 Å². The highest BCUT2D eigenvalue weighted by Crippen LogP contribution is 2.24. The standard InChI is InChI=1S/C16H25NO3/c1-2-20-16-6-4-3-5-14(16)15(17)12-19-11-13-7-9-18-10-8-13/h3-6,13,15H,2,7-12,17H2,1H3. The van der Waals surface area contributed by atoms with Gasteiger partial charge < -0.3 is 19.9 Å². The molecule has 0 spiro atoms. The van der Waals surface area contributed by atoms with E-state index >= 15 is 0 Å². The first-order valence-electron chi connectivity index (χ1n) is 7.44. The topological polar surface area (TPSA) is 53.7 Å². The minimum Gasteiger partial charge on any atom is -0.494 e. The summed E-state index contributed by atoms with van der Waals surface area (Å²) >= 11 is 0. The highest BCUT2D eigenvalue weighted by atomic mass is 16.5. The van der Waals surface area contributed by atoms with Crippen LogP contribution in [-0.2, 0) is 9.47 Å². The van der Waals surface area contributed by atoms with Crippen molar-refractivity contribution in [3.05, 3.63) is 29.8 Å².